The van der Waals surface area contributed by atoms with Gasteiger partial charge in [0.15, 0.2) is 0 Å². The van der Waals surface area contributed by atoms with Crippen molar-refractivity contribution < 1.29 is 0 Å². The van der Waals surface area contributed by atoms with E-state index in [1.54, 1.807) is 0 Å². The van der Waals surface area contributed by atoms with Gasteiger partial charge in [-0.2, -0.15) is 5.10 Å². The molecule has 0 fully saturated rings. The molecule has 1 N–H and O–H groups in total. The SMILES string of the molecule is CCCCC=NNCc1ccccc1. The molecular weight excluding hydrogens is 172 g/mol. The van der Waals surface area contributed by atoms with Gasteiger partial charge in [-0.05, 0) is 18.4 Å². The second-order valence-corrected chi connectivity index (χ2v) is 3.27. The summed E-state index contributed by atoms with van der Waals surface area (Å²) in [5.41, 5.74) is 4.29. The van der Waals surface area contributed by atoms with Crippen LogP contribution in [0.4, 0.5) is 0 Å². The van der Waals surface area contributed by atoms with Crippen LogP contribution in [0.25, 0.3) is 0 Å². The molecule has 0 radical (unpaired) electrons. The van der Waals surface area contributed by atoms with Gasteiger partial charge < -0.3 is 5.43 Å². The van der Waals surface area contributed by atoms with Crippen molar-refractivity contribution in [1.82, 2.24) is 5.43 Å². The van der Waals surface area contributed by atoms with Gasteiger partial charge in [0.2, 0.25) is 0 Å². The summed E-state index contributed by atoms with van der Waals surface area (Å²) in [7, 11) is 0. The zero-order valence-electron chi connectivity index (χ0n) is 8.74. The van der Waals surface area contributed by atoms with Gasteiger partial charge in [-0.3, -0.25) is 0 Å². The minimum absolute atomic E-state index is 0.809. The van der Waals surface area contributed by atoms with Crippen LogP contribution in [-0.4, -0.2) is 6.21 Å². The van der Waals surface area contributed by atoms with Gasteiger partial charge in [0.05, 0.1) is 6.54 Å². The zero-order chi connectivity index (χ0) is 10.1. The number of nitrogens with one attached hydrogen (secondary N) is 1. The predicted molar refractivity (Wildman–Crippen MR) is 61.3 cm³/mol. The number of hydrazone groups is 1. The lowest BCUT2D eigenvalue weighted by Gasteiger charge is -1.99. The Bertz CT molecular complexity index is 254. The van der Waals surface area contributed by atoms with Crippen LogP contribution in [0.3, 0.4) is 0 Å². The summed E-state index contributed by atoms with van der Waals surface area (Å²) in [5.74, 6) is 0. The summed E-state index contributed by atoms with van der Waals surface area (Å²) in [6.45, 7) is 2.99. The third-order valence-corrected chi connectivity index (χ3v) is 2.00. The van der Waals surface area contributed by atoms with Crippen LogP contribution in [0.1, 0.15) is 31.7 Å². The molecular formula is C12H18N2. The summed E-state index contributed by atoms with van der Waals surface area (Å²) in [5, 5.41) is 4.13. The highest BCUT2D eigenvalue weighted by molar-refractivity contribution is 5.56. The van der Waals surface area contributed by atoms with E-state index in [-0.39, 0.29) is 0 Å². The van der Waals surface area contributed by atoms with E-state index in [4.69, 9.17) is 0 Å². The standard InChI is InChI=1S/C12H18N2/c1-2-3-7-10-13-14-11-12-8-5-4-6-9-12/h4-6,8-10,14H,2-3,7,11H2,1H3. The Kier molecular flexibility index (Phi) is 5.48. The molecule has 0 spiro atoms. The second kappa shape index (κ2) is 7.13. The molecule has 0 unspecified atom stereocenters. The molecule has 1 rings (SSSR count). The van der Waals surface area contributed by atoms with Gasteiger partial charge in [-0.15, -0.1) is 0 Å². The van der Waals surface area contributed by atoms with Gasteiger partial charge >= 0.3 is 0 Å². The average Bonchev–Trinajstić information content (AvgIpc) is 2.25. The van der Waals surface area contributed by atoms with Crippen molar-refractivity contribution in [2.45, 2.75) is 32.7 Å². The van der Waals surface area contributed by atoms with E-state index < -0.39 is 0 Å². The topological polar surface area (TPSA) is 24.4 Å². The van der Waals surface area contributed by atoms with E-state index in [1.807, 2.05) is 24.4 Å². The maximum Gasteiger partial charge on any atom is 0.0579 e. The first-order chi connectivity index (χ1) is 6.93. The summed E-state index contributed by atoms with van der Waals surface area (Å²) in [4.78, 5) is 0. The number of rotatable bonds is 6. The maximum absolute atomic E-state index is 4.13. The highest BCUT2D eigenvalue weighted by Crippen LogP contribution is 1.96. The first-order valence-corrected chi connectivity index (χ1v) is 5.21. The molecule has 0 aliphatic carbocycles. The van der Waals surface area contributed by atoms with Crippen LogP contribution in [0, 0.1) is 0 Å². The number of hydrogen-bond acceptors (Lipinski definition) is 2. The second-order valence-electron chi connectivity index (χ2n) is 3.27. The molecule has 0 aromatic heterocycles. The van der Waals surface area contributed by atoms with Crippen molar-refractivity contribution in [2.24, 2.45) is 5.10 Å². The van der Waals surface area contributed by atoms with E-state index in [2.05, 4.69) is 29.6 Å². The molecule has 0 saturated heterocycles. The number of unbranched alkanes of at least 4 members (excludes halogenated alkanes) is 2. The highest BCUT2D eigenvalue weighted by Gasteiger charge is 1.86. The van der Waals surface area contributed by atoms with Crippen molar-refractivity contribution in [3.63, 3.8) is 0 Å². The molecule has 0 atom stereocenters. The smallest absolute Gasteiger partial charge is 0.0579 e. The van der Waals surface area contributed by atoms with E-state index in [9.17, 15) is 0 Å². The molecule has 14 heavy (non-hydrogen) atoms. The van der Waals surface area contributed by atoms with Crippen molar-refractivity contribution in [2.75, 3.05) is 0 Å². The fourth-order valence-corrected chi connectivity index (χ4v) is 1.16. The van der Waals surface area contributed by atoms with Crippen LogP contribution in [0.15, 0.2) is 35.4 Å². The fourth-order valence-electron chi connectivity index (χ4n) is 1.16. The Labute approximate surface area is 86.0 Å². The normalized spacial score (nSPS) is 10.6. The molecule has 0 aliphatic rings. The molecule has 0 bridgehead atoms. The fraction of sp³-hybridized carbons (Fsp3) is 0.417. The molecule has 2 heteroatoms. The van der Waals surface area contributed by atoms with E-state index in [0.717, 1.165) is 13.0 Å². The maximum atomic E-state index is 4.13. The molecule has 2 nitrogen and oxygen atoms in total. The van der Waals surface area contributed by atoms with Crippen molar-refractivity contribution >= 4 is 6.21 Å². The Morgan fingerprint density at radius 2 is 2.07 bits per heavy atom. The number of hydrogen-bond donors (Lipinski definition) is 1. The highest BCUT2D eigenvalue weighted by atomic mass is 15.3. The van der Waals surface area contributed by atoms with E-state index in [0.29, 0.717) is 0 Å². The lowest BCUT2D eigenvalue weighted by Crippen LogP contribution is -2.04. The lowest BCUT2D eigenvalue weighted by atomic mass is 10.2. The molecule has 0 heterocycles. The minimum atomic E-state index is 0.809. The largest absolute Gasteiger partial charge is 0.306 e. The van der Waals surface area contributed by atoms with Crippen molar-refractivity contribution in [3.05, 3.63) is 35.9 Å². The summed E-state index contributed by atoms with van der Waals surface area (Å²) in [6.07, 6.45) is 5.46. The number of nitrogens with zero attached hydrogens (tertiary/aromatic N) is 1. The van der Waals surface area contributed by atoms with Gasteiger partial charge in [-0.25, -0.2) is 0 Å². The minimum Gasteiger partial charge on any atom is -0.306 e. The zero-order valence-corrected chi connectivity index (χ0v) is 8.74. The Balaban J connectivity index is 2.12. The first-order valence-electron chi connectivity index (χ1n) is 5.21. The quantitative estimate of drug-likeness (QED) is 0.416. The monoisotopic (exact) mass is 190 g/mol. The Morgan fingerprint density at radius 3 is 2.79 bits per heavy atom. The van der Waals surface area contributed by atoms with Gasteiger partial charge in [-0.1, -0.05) is 43.7 Å². The van der Waals surface area contributed by atoms with Crippen molar-refractivity contribution in [1.29, 1.82) is 0 Å². The Hall–Kier alpha value is -1.31. The summed E-state index contributed by atoms with van der Waals surface area (Å²) >= 11 is 0. The molecule has 0 amide bonds. The van der Waals surface area contributed by atoms with Crippen LogP contribution < -0.4 is 5.43 Å². The molecule has 0 aliphatic heterocycles. The van der Waals surface area contributed by atoms with Crippen LogP contribution in [0.5, 0.6) is 0 Å². The van der Waals surface area contributed by atoms with Crippen LogP contribution in [-0.2, 0) is 6.54 Å². The third-order valence-electron chi connectivity index (χ3n) is 2.00. The lowest BCUT2D eigenvalue weighted by molar-refractivity contribution is 0.739. The molecule has 76 valence electrons. The molecule has 1 aromatic carbocycles. The third kappa shape index (κ3) is 4.65. The van der Waals surface area contributed by atoms with E-state index >= 15 is 0 Å². The summed E-state index contributed by atoms with van der Waals surface area (Å²) in [6, 6.07) is 10.3. The molecule has 1 aromatic rings. The van der Waals surface area contributed by atoms with Gasteiger partial charge in [0, 0.05) is 6.21 Å². The van der Waals surface area contributed by atoms with Crippen molar-refractivity contribution in [3.8, 4) is 0 Å². The summed E-state index contributed by atoms with van der Waals surface area (Å²) < 4.78 is 0. The molecule has 0 saturated carbocycles. The van der Waals surface area contributed by atoms with E-state index in [1.165, 1.54) is 18.4 Å². The van der Waals surface area contributed by atoms with Crippen LogP contribution in [0.2, 0.25) is 0 Å². The van der Waals surface area contributed by atoms with Gasteiger partial charge in [0.1, 0.15) is 0 Å². The van der Waals surface area contributed by atoms with Crippen LogP contribution >= 0.6 is 0 Å². The number of benzene rings is 1. The first kappa shape index (κ1) is 10.8. The Morgan fingerprint density at radius 1 is 1.29 bits per heavy atom. The predicted octanol–water partition coefficient (Wildman–Crippen LogP) is 2.95. The van der Waals surface area contributed by atoms with Gasteiger partial charge in [0.25, 0.3) is 0 Å². The average molecular weight is 190 g/mol.